The molecule has 0 aliphatic carbocycles. The Bertz CT molecular complexity index is 364. The number of benzene rings is 1. The van der Waals surface area contributed by atoms with Crippen molar-refractivity contribution in [2.24, 2.45) is 11.7 Å². The summed E-state index contributed by atoms with van der Waals surface area (Å²) in [5.41, 5.74) is 7.04. The van der Waals surface area contributed by atoms with E-state index in [0.717, 1.165) is 18.9 Å². The minimum Gasteiger partial charge on any atom is -0.330 e. The van der Waals surface area contributed by atoms with Gasteiger partial charge in [-0.1, -0.05) is 42.5 Å². The summed E-state index contributed by atoms with van der Waals surface area (Å²) in [5, 5.41) is 0. The topological polar surface area (TPSA) is 29.3 Å². The molecule has 0 amide bonds. The van der Waals surface area contributed by atoms with Crippen molar-refractivity contribution in [3.05, 3.63) is 42.0 Å². The van der Waals surface area contributed by atoms with Gasteiger partial charge in [-0.15, -0.1) is 12.4 Å². The van der Waals surface area contributed by atoms with Gasteiger partial charge >= 0.3 is 0 Å². The Labute approximate surface area is 123 Å². The highest BCUT2D eigenvalue weighted by Crippen LogP contribution is 2.15. The van der Waals surface area contributed by atoms with Crippen molar-refractivity contribution in [3.63, 3.8) is 0 Å². The second-order valence-corrected chi connectivity index (χ2v) is 5.15. The molecule has 3 heteroatoms. The van der Waals surface area contributed by atoms with Gasteiger partial charge in [-0.3, -0.25) is 0 Å². The van der Waals surface area contributed by atoms with Gasteiger partial charge in [0.2, 0.25) is 0 Å². The molecule has 0 saturated carbocycles. The van der Waals surface area contributed by atoms with Gasteiger partial charge in [0.05, 0.1) is 0 Å². The van der Waals surface area contributed by atoms with Crippen molar-refractivity contribution in [2.75, 3.05) is 26.2 Å². The molecular weight excluding hydrogens is 256 g/mol. The van der Waals surface area contributed by atoms with E-state index in [1.165, 1.54) is 38.0 Å². The summed E-state index contributed by atoms with van der Waals surface area (Å²) >= 11 is 0. The molecule has 2 nitrogen and oxygen atoms in total. The molecule has 1 unspecified atom stereocenters. The van der Waals surface area contributed by atoms with Crippen molar-refractivity contribution >= 4 is 18.5 Å². The Kier molecular flexibility index (Phi) is 7.80. The molecule has 106 valence electrons. The van der Waals surface area contributed by atoms with Crippen LogP contribution in [-0.2, 0) is 0 Å². The zero-order valence-electron chi connectivity index (χ0n) is 11.5. The molecule has 1 aliphatic heterocycles. The van der Waals surface area contributed by atoms with Crippen molar-refractivity contribution in [3.8, 4) is 0 Å². The normalized spacial score (nSPS) is 20.4. The van der Waals surface area contributed by atoms with E-state index in [1.54, 1.807) is 0 Å². The Morgan fingerprint density at radius 3 is 2.79 bits per heavy atom. The van der Waals surface area contributed by atoms with E-state index in [1.807, 2.05) is 0 Å². The summed E-state index contributed by atoms with van der Waals surface area (Å²) in [7, 11) is 0. The molecule has 0 bridgehead atoms. The van der Waals surface area contributed by atoms with Gasteiger partial charge < -0.3 is 10.6 Å². The number of likely N-dealkylation sites (tertiary alicyclic amines) is 1. The summed E-state index contributed by atoms with van der Waals surface area (Å²) in [6.45, 7) is 4.45. The summed E-state index contributed by atoms with van der Waals surface area (Å²) in [4.78, 5) is 2.55. The highest BCUT2D eigenvalue weighted by molar-refractivity contribution is 5.85. The van der Waals surface area contributed by atoms with E-state index in [2.05, 4.69) is 47.4 Å². The van der Waals surface area contributed by atoms with Crippen LogP contribution >= 0.6 is 12.4 Å². The Morgan fingerprint density at radius 2 is 2.05 bits per heavy atom. The van der Waals surface area contributed by atoms with Crippen molar-refractivity contribution in [2.45, 2.75) is 19.3 Å². The van der Waals surface area contributed by atoms with E-state index >= 15 is 0 Å². The van der Waals surface area contributed by atoms with Crippen LogP contribution in [0.5, 0.6) is 0 Å². The van der Waals surface area contributed by atoms with Crippen LogP contribution in [-0.4, -0.2) is 31.1 Å². The second kappa shape index (κ2) is 9.13. The van der Waals surface area contributed by atoms with Gasteiger partial charge in [-0.25, -0.2) is 0 Å². The smallest absolute Gasteiger partial charge is 0.00218 e. The lowest BCUT2D eigenvalue weighted by molar-refractivity contribution is 0.181. The van der Waals surface area contributed by atoms with Gasteiger partial charge in [0.25, 0.3) is 0 Å². The first-order valence-corrected chi connectivity index (χ1v) is 7.02. The molecule has 1 aromatic rings. The maximum atomic E-state index is 5.76. The molecule has 0 radical (unpaired) electrons. The molecule has 1 heterocycles. The zero-order chi connectivity index (χ0) is 12.6. The largest absolute Gasteiger partial charge is 0.330 e. The quantitative estimate of drug-likeness (QED) is 0.898. The maximum absolute atomic E-state index is 5.76. The average Bonchev–Trinajstić information content (AvgIpc) is 2.45. The van der Waals surface area contributed by atoms with E-state index < -0.39 is 0 Å². The van der Waals surface area contributed by atoms with Gasteiger partial charge in [0.1, 0.15) is 0 Å². The molecule has 1 aromatic carbocycles. The van der Waals surface area contributed by atoms with Crippen molar-refractivity contribution < 1.29 is 0 Å². The predicted molar refractivity (Wildman–Crippen MR) is 85.6 cm³/mol. The number of nitrogens with zero attached hydrogens (tertiary/aromatic N) is 1. The fraction of sp³-hybridized carbons (Fsp3) is 0.500. The van der Waals surface area contributed by atoms with Crippen molar-refractivity contribution in [1.82, 2.24) is 4.90 Å². The average molecular weight is 281 g/mol. The minimum atomic E-state index is 0. The van der Waals surface area contributed by atoms with Gasteiger partial charge in [0, 0.05) is 13.1 Å². The predicted octanol–water partition coefficient (Wildman–Crippen LogP) is 3.18. The van der Waals surface area contributed by atoms with E-state index in [9.17, 15) is 0 Å². The van der Waals surface area contributed by atoms with Crippen LogP contribution in [0, 0.1) is 5.92 Å². The molecule has 2 rings (SSSR count). The third-order valence-corrected chi connectivity index (χ3v) is 3.66. The molecule has 0 aromatic heterocycles. The number of piperidine rings is 1. The van der Waals surface area contributed by atoms with Crippen LogP contribution in [0.3, 0.4) is 0 Å². The monoisotopic (exact) mass is 280 g/mol. The third-order valence-electron chi connectivity index (χ3n) is 3.66. The summed E-state index contributed by atoms with van der Waals surface area (Å²) in [6, 6.07) is 10.5. The van der Waals surface area contributed by atoms with E-state index in [-0.39, 0.29) is 12.4 Å². The second-order valence-electron chi connectivity index (χ2n) is 5.15. The highest BCUT2D eigenvalue weighted by atomic mass is 35.5. The first kappa shape index (κ1) is 16.2. The van der Waals surface area contributed by atoms with Gasteiger partial charge in [0.15, 0.2) is 0 Å². The van der Waals surface area contributed by atoms with Crippen LogP contribution in [0.2, 0.25) is 0 Å². The molecule has 2 N–H and O–H groups in total. The van der Waals surface area contributed by atoms with Gasteiger partial charge in [-0.05, 0) is 43.8 Å². The highest BCUT2D eigenvalue weighted by Gasteiger charge is 2.17. The van der Waals surface area contributed by atoms with Crippen LogP contribution in [0.25, 0.3) is 6.08 Å². The number of hydrogen-bond donors (Lipinski definition) is 1. The maximum Gasteiger partial charge on any atom is 0.00218 e. The molecule has 1 fully saturated rings. The Hall–Kier alpha value is -0.830. The van der Waals surface area contributed by atoms with E-state index in [4.69, 9.17) is 5.73 Å². The standard InChI is InChI=1S/C16H24N2.ClH/c17-13-16-10-6-12-18(14-16)11-5-4-9-15-7-2-1-3-8-15;/h1-4,7-9,16H,5-6,10-14,17H2;1H. The molecule has 1 aliphatic rings. The summed E-state index contributed by atoms with van der Waals surface area (Å²) in [6.07, 6.45) is 8.25. The minimum absolute atomic E-state index is 0. The lowest BCUT2D eigenvalue weighted by atomic mass is 9.98. The fourth-order valence-electron chi connectivity index (χ4n) is 2.59. The van der Waals surface area contributed by atoms with Crippen LogP contribution in [0.4, 0.5) is 0 Å². The fourth-order valence-corrected chi connectivity index (χ4v) is 2.59. The molecule has 0 spiro atoms. The first-order chi connectivity index (χ1) is 8.88. The molecule has 19 heavy (non-hydrogen) atoms. The third kappa shape index (κ3) is 5.77. The van der Waals surface area contributed by atoms with E-state index in [0.29, 0.717) is 0 Å². The number of halogens is 1. The number of nitrogens with two attached hydrogens (primary N) is 1. The molecule has 1 saturated heterocycles. The first-order valence-electron chi connectivity index (χ1n) is 7.02. The lowest BCUT2D eigenvalue weighted by Gasteiger charge is -2.31. The zero-order valence-corrected chi connectivity index (χ0v) is 12.3. The van der Waals surface area contributed by atoms with Gasteiger partial charge in [-0.2, -0.15) is 0 Å². The van der Waals surface area contributed by atoms with Crippen LogP contribution in [0.15, 0.2) is 36.4 Å². The summed E-state index contributed by atoms with van der Waals surface area (Å²) < 4.78 is 0. The Balaban J connectivity index is 0.00000180. The van der Waals surface area contributed by atoms with Crippen LogP contribution in [0.1, 0.15) is 24.8 Å². The molecule has 1 atom stereocenters. The SMILES string of the molecule is Cl.NCC1CCCN(CCC=Cc2ccccc2)C1. The lowest BCUT2D eigenvalue weighted by Crippen LogP contribution is -2.38. The Morgan fingerprint density at radius 1 is 1.26 bits per heavy atom. The number of rotatable bonds is 5. The van der Waals surface area contributed by atoms with Crippen LogP contribution < -0.4 is 5.73 Å². The van der Waals surface area contributed by atoms with Crippen molar-refractivity contribution in [1.29, 1.82) is 0 Å². The molecular formula is C16H25ClN2. The summed E-state index contributed by atoms with van der Waals surface area (Å²) in [5.74, 6) is 0.719. The number of hydrogen-bond acceptors (Lipinski definition) is 2.